The smallest absolute Gasteiger partial charge is 0.180 e. The topological polar surface area (TPSA) is 155 Å². The van der Waals surface area contributed by atoms with Gasteiger partial charge in [-0.05, 0) is 107 Å². The summed E-state index contributed by atoms with van der Waals surface area (Å²) in [5.41, 5.74) is 20.8. The van der Waals surface area contributed by atoms with E-state index in [1.54, 1.807) is 22.7 Å². The molecule has 8 aromatic heterocycles. The molecule has 22 rings (SSSR count). The number of benzene rings is 14. The molecule has 0 amide bonds. The van der Waals surface area contributed by atoms with Gasteiger partial charge in [0.05, 0.1) is 0 Å². The third kappa shape index (κ3) is 11.3. The van der Waals surface area contributed by atoms with Crippen molar-refractivity contribution in [1.82, 2.24) is 49.8 Å². The first-order valence-electron chi connectivity index (χ1n) is 36.9. The van der Waals surface area contributed by atoms with E-state index in [1.807, 2.05) is 152 Å². The van der Waals surface area contributed by atoms with Crippen LogP contribution in [-0.2, 0) is 0 Å². The Morgan fingerprint density at radius 1 is 0.196 bits per heavy atom. The molecular weight excluding hydrogens is 1410 g/mol. The molecule has 0 bridgehead atoms. The van der Waals surface area contributed by atoms with Crippen molar-refractivity contribution in [2.45, 2.75) is 0 Å². The number of aromatic nitrogens is 10. The molecule has 0 saturated heterocycles. The van der Waals surface area contributed by atoms with Gasteiger partial charge in [0.1, 0.15) is 33.6 Å². The second-order valence-electron chi connectivity index (χ2n) is 27.7. The summed E-state index contributed by atoms with van der Waals surface area (Å²) in [5, 5.41) is 6.08. The number of hydrogen-bond acceptors (Lipinski definition) is 14. The zero-order valence-electron chi connectivity index (χ0n) is 59.4. The van der Waals surface area contributed by atoms with Crippen LogP contribution in [0, 0.1) is 0 Å². The first-order chi connectivity index (χ1) is 55.4. The Hall–Kier alpha value is -14.7. The van der Waals surface area contributed by atoms with Gasteiger partial charge in [0.25, 0.3) is 0 Å². The van der Waals surface area contributed by atoms with E-state index in [9.17, 15) is 0 Å². The van der Waals surface area contributed by atoms with E-state index in [-0.39, 0.29) is 0 Å². The average Bonchev–Trinajstić information content (AvgIpc) is 1.55. The van der Waals surface area contributed by atoms with Gasteiger partial charge in [-0.25, -0.2) is 49.8 Å². The Balaban J connectivity index is 0.685. The number of furan rings is 2. The van der Waals surface area contributed by atoms with Gasteiger partial charge >= 0.3 is 0 Å². The van der Waals surface area contributed by atoms with Crippen LogP contribution in [0.25, 0.3) is 231 Å². The number of hydrogen-bond donors (Lipinski definition) is 0. The van der Waals surface area contributed by atoms with Crippen molar-refractivity contribution in [3.63, 3.8) is 0 Å². The van der Waals surface area contributed by atoms with E-state index in [4.69, 9.17) is 58.7 Å². The van der Waals surface area contributed by atoms with Gasteiger partial charge in [-0.15, -0.1) is 22.7 Å². The third-order valence-corrected chi connectivity index (χ3v) is 23.2. The first kappa shape index (κ1) is 64.5. The van der Waals surface area contributed by atoms with Crippen LogP contribution in [0.4, 0.5) is 0 Å². The van der Waals surface area contributed by atoms with Crippen LogP contribution in [0.2, 0.25) is 0 Å². The highest BCUT2D eigenvalue weighted by Crippen LogP contribution is 2.50. The summed E-state index contributed by atoms with van der Waals surface area (Å²) in [5.74, 6) is 4.60. The molecule has 0 atom stereocenters. The Labute approximate surface area is 648 Å². The molecule has 8 heterocycles. The lowest BCUT2D eigenvalue weighted by atomic mass is 9.91. The molecule has 0 fully saturated rings. The lowest BCUT2D eigenvalue weighted by Crippen LogP contribution is -2.00. The van der Waals surface area contributed by atoms with Crippen molar-refractivity contribution in [3.05, 3.63) is 340 Å². The van der Waals surface area contributed by atoms with Crippen LogP contribution >= 0.6 is 22.7 Å². The van der Waals surface area contributed by atoms with Crippen LogP contribution in [-0.4, -0.2) is 49.8 Å². The molecule has 0 N–H and O–H groups in total. The van der Waals surface area contributed by atoms with Crippen molar-refractivity contribution >= 4 is 107 Å². The fourth-order valence-corrected chi connectivity index (χ4v) is 17.8. The largest absolute Gasteiger partial charge is 0.452 e. The number of fused-ring (bicyclic) bond motifs is 12. The summed E-state index contributed by atoms with van der Waals surface area (Å²) >= 11 is 3.49. The monoisotopic (exact) mass is 1470 g/mol. The van der Waals surface area contributed by atoms with Crippen molar-refractivity contribution in [2.75, 3.05) is 0 Å². The fraction of sp³-hybridized carbons (Fsp3) is 0. The van der Waals surface area contributed by atoms with E-state index in [2.05, 4.69) is 188 Å². The van der Waals surface area contributed by atoms with Crippen LogP contribution in [0.1, 0.15) is 0 Å². The molecule has 0 saturated carbocycles. The van der Waals surface area contributed by atoms with Crippen molar-refractivity contribution in [2.24, 2.45) is 0 Å². The summed E-state index contributed by atoms with van der Waals surface area (Å²) in [6.07, 6.45) is 0. The van der Waals surface area contributed by atoms with Crippen molar-refractivity contribution < 1.29 is 8.83 Å². The molecular formula is C98H56N10O2S2. The SMILES string of the molecule is c1ccc(-c2cccc(-c3nc(-c4ccccc4)nc(-c4ccc5sc6c(-c7ccccc7-c7cccc(-c8nc(-c9ccccc9)nc(-c9ccc%10sc%11cc(-c%12nc(-c%13ccccc%13)nc%13c%12oc%12ccccc%12%13)ccc%11c%10c9)n8)c7)ccc(-c7nc(-c8ccccc8)nc8c7oc7ccccc78)c6c5c4)n3)c2)cc1. The summed E-state index contributed by atoms with van der Waals surface area (Å²) in [7, 11) is 0. The predicted octanol–water partition coefficient (Wildman–Crippen LogP) is 25.8. The van der Waals surface area contributed by atoms with Gasteiger partial charge in [0, 0.05) is 112 Å². The highest BCUT2D eigenvalue weighted by atomic mass is 32.1. The van der Waals surface area contributed by atoms with Gasteiger partial charge < -0.3 is 8.83 Å². The molecule has 0 aliphatic heterocycles. The molecule has 0 aliphatic carbocycles. The standard InChI is InChI=1S/C98H56N10O2S2/c1-6-24-57(25-7-1)62-34-22-36-65(52-62)95-103-93(60-30-12-4-13-31-60)106-98(107-95)68-46-51-81-77(55-68)83-75(87-89-86(74-41-19-21-43-79(74)110-89)101-92(102-87)59-28-10-3-11-29-59)49-48-72(90(83)112-81)70-39-17-16-38-69(70)63-35-23-37-66(53-63)96-104-94(61-32-14-5-15-33-61)105-97(108-96)67-45-50-80-76(54-67)71-47-44-64(56-82(71)111-80)84-88-85(73-40-18-20-42-78(73)109-88)100-91(99-84)58-26-8-2-9-27-58/h1-56H. The van der Waals surface area contributed by atoms with Gasteiger partial charge in [-0.2, -0.15) is 0 Å². The predicted molar refractivity (Wildman–Crippen MR) is 455 cm³/mol. The molecule has 22 aromatic rings. The molecule has 522 valence electrons. The Morgan fingerprint density at radius 2 is 0.589 bits per heavy atom. The van der Waals surface area contributed by atoms with Crippen molar-refractivity contribution in [1.29, 1.82) is 0 Å². The molecule has 0 aliphatic rings. The number of para-hydroxylation sites is 2. The van der Waals surface area contributed by atoms with E-state index >= 15 is 0 Å². The van der Waals surface area contributed by atoms with Crippen LogP contribution in [0.5, 0.6) is 0 Å². The quantitative estimate of drug-likeness (QED) is 0.108. The highest BCUT2D eigenvalue weighted by molar-refractivity contribution is 7.26. The Bertz CT molecular complexity index is 7520. The van der Waals surface area contributed by atoms with Gasteiger partial charge in [0.2, 0.25) is 0 Å². The molecule has 0 radical (unpaired) electrons. The second-order valence-corrected chi connectivity index (χ2v) is 29.8. The maximum atomic E-state index is 6.92. The van der Waals surface area contributed by atoms with Gasteiger partial charge in [-0.1, -0.05) is 261 Å². The maximum absolute atomic E-state index is 6.92. The van der Waals surface area contributed by atoms with Crippen molar-refractivity contribution in [3.8, 4) is 147 Å². The molecule has 14 heteroatoms. The molecule has 12 nitrogen and oxygen atoms in total. The zero-order valence-corrected chi connectivity index (χ0v) is 61.1. The molecule has 0 unspecified atom stereocenters. The zero-order chi connectivity index (χ0) is 73.7. The maximum Gasteiger partial charge on any atom is 0.180 e. The molecule has 112 heavy (non-hydrogen) atoms. The normalized spacial score (nSPS) is 11.8. The van der Waals surface area contributed by atoms with Gasteiger partial charge in [0.15, 0.2) is 57.8 Å². The molecule has 0 spiro atoms. The summed E-state index contributed by atoms with van der Waals surface area (Å²) in [6.45, 7) is 0. The average molecular weight is 1470 g/mol. The number of thiophene rings is 2. The van der Waals surface area contributed by atoms with E-state index in [0.29, 0.717) is 63.5 Å². The Morgan fingerprint density at radius 3 is 1.14 bits per heavy atom. The third-order valence-electron chi connectivity index (χ3n) is 20.9. The fourth-order valence-electron chi connectivity index (χ4n) is 15.5. The number of nitrogens with zero attached hydrogens (tertiary/aromatic N) is 10. The van der Waals surface area contributed by atoms with E-state index in [0.717, 1.165) is 168 Å². The minimum absolute atomic E-state index is 0.545. The summed E-state index contributed by atoms with van der Waals surface area (Å²) in [4.78, 5) is 52.9. The lowest BCUT2D eigenvalue weighted by molar-refractivity contribution is 0.667. The minimum atomic E-state index is 0.545. The van der Waals surface area contributed by atoms with Crippen LogP contribution in [0.3, 0.4) is 0 Å². The van der Waals surface area contributed by atoms with Crippen LogP contribution in [0.15, 0.2) is 349 Å². The minimum Gasteiger partial charge on any atom is -0.452 e. The van der Waals surface area contributed by atoms with E-state index in [1.165, 1.54) is 0 Å². The first-order valence-corrected chi connectivity index (χ1v) is 38.5. The lowest BCUT2D eigenvalue weighted by Gasteiger charge is -2.15. The molecule has 14 aromatic carbocycles. The summed E-state index contributed by atoms with van der Waals surface area (Å²) < 4.78 is 17.9. The highest BCUT2D eigenvalue weighted by Gasteiger charge is 2.27. The van der Waals surface area contributed by atoms with E-state index < -0.39 is 0 Å². The summed E-state index contributed by atoms with van der Waals surface area (Å²) in [6, 6.07) is 117. The van der Waals surface area contributed by atoms with Gasteiger partial charge in [-0.3, -0.25) is 0 Å². The van der Waals surface area contributed by atoms with Crippen LogP contribution < -0.4 is 0 Å². The Kier molecular flexibility index (Phi) is 15.3. The number of rotatable bonds is 13. The second kappa shape index (κ2) is 26.6.